The van der Waals surface area contributed by atoms with Crippen LogP contribution in [0.15, 0.2) is 66.2 Å². The number of Topliss-reactive ketones (excluding diaryl/α,β-unsaturated/α-hetero) is 1. The molecule has 1 N–H and O–H groups in total. The number of ketones is 1. The molecule has 1 atom stereocenters. The van der Waals surface area contributed by atoms with Crippen molar-refractivity contribution in [3.05, 3.63) is 82.9 Å². The van der Waals surface area contributed by atoms with Crippen molar-refractivity contribution in [2.24, 2.45) is 5.41 Å². The van der Waals surface area contributed by atoms with Gasteiger partial charge in [-0.3, -0.25) is 4.79 Å². The molecule has 28 heavy (non-hydrogen) atoms. The Labute approximate surface area is 166 Å². The van der Waals surface area contributed by atoms with Gasteiger partial charge in [-0.15, -0.1) is 0 Å². The van der Waals surface area contributed by atoms with Crippen LogP contribution in [0.3, 0.4) is 0 Å². The summed E-state index contributed by atoms with van der Waals surface area (Å²) in [6, 6.07) is 21.4. The van der Waals surface area contributed by atoms with Crippen molar-refractivity contribution in [2.75, 3.05) is 5.32 Å². The summed E-state index contributed by atoms with van der Waals surface area (Å²) in [5.74, 6) is 0.281. The number of allylic oxidation sites excluding steroid dienone is 1. The van der Waals surface area contributed by atoms with Gasteiger partial charge in [0, 0.05) is 22.9 Å². The molecule has 1 aliphatic heterocycles. The largest absolute Gasteiger partial charge is 0.373 e. The Morgan fingerprint density at radius 1 is 0.929 bits per heavy atom. The van der Waals surface area contributed by atoms with Crippen LogP contribution in [0.4, 0.5) is 5.69 Å². The van der Waals surface area contributed by atoms with Crippen molar-refractivity contribution in [1.29, 1.82) is 0 Å². The standard InChI is InChI=1S/C26H25NO/c1-16-8-10-18(11-9-16)24-23-21(14-26(2,3)15-22(23)28)20-13-12-17-6-4-5-7-19(17)25(20)27-24/h4-13,24,27H,14-15H2,1-3H3. The fraction of sp³-hybridized carbons (Fsp3) is 0.269. The Morgan fingerprint density at radius 2 is 1.68 bits per heavy atom. The molecule has 2 heteroatoms. The van der Waals surface area contributed by atoms with Gasteiger partial charge in [-0.25, -0.2) is 0 Å². The highest BCUT2D eigenvalue weighted by Crippen LogP contribution is 2.51. The maximum Gasteiger partial charge on any atom is 0.162 e. The first-order valence-corrected chi connectivity index (χ1v) is 10.0. The van der Waals surface area contributed by atoms with E-state index in [-0.39, 0.29) is 17.2 Å². The van der Waals surface area contributed by atoms with Crippen molar-refractivity contribution < 1.29 is 4.79 Å². The number of rotatable bonds is 1. The van der Waals surface area contributed by atoms with Crippen molar-refractivity contribution in [2.45, 2.75) is 39.7 Å². The topological polar surface area (TPSA) is 29.1 Å². The van der Waals surface area contributed by atoms with Gasteiger partial charge in [0.2, 0.25) is 0 Å². The van der Waals surface area contributed by atoms with Crippen LogP contribution in [0.25, 0.3) is 16.3 Å². The van der Waals surface area contributed by atoms with Gasteiger partial charge in [0.15, 0.2) is 5.78 Å². The summed E-state index contributed by atoms with van der Waals surface area (Å²) in [7, 11) is 0. The highest BCUT2D eigenvalue weighted by molar-refractivity contribution is 6.12. The average molecular weight is 367 g/mol. The number of aryl methyl sites for hydroxylation is 1. The quantitative estimate of drug-likeness (QED) is 0.535. The Kier molecular flexibility index (Phi) is 3.74. The Bertz CT molecular complexity index is 1130. The van der Waals surface area contributed by atoms with Crippen molar-refractivity contribution >= 4 is 27.8 Å². The molecule has 0 saturated carbocycles. The predicted molar refractivity (Wildman–Crippen MR) is 116 cm³/mol. The van der Waals surface area contributed by atoms with Crippen molar-refractivity contribution in [3.8, 4) is 0 Å². The maximum atomic E-state index is 13.3. The second-order valence-corrected chi connectivity index (χ2v) is 9.03. The van der Waals surface area contributed by atoms with Gasteiger partial charge in [-0.2, -0.15) is 0 Å². The van der Waals surface area contributed by atoms with Crippen LogP contribution in [0, 0.1) is 12.3 Å². The van der Waals surface area contributed by atoms with E-state index in [1.165, 1.54) is 27.5 Å². The second-order valence-electron chi connectivity index (χ2n) is 9.03. The summed E-state index contributed by atoms with van der Waals surface area (Å²) in [5, 5.41) is 6.20. The lowest BCUT2D eigenvalue weighted by Gasteiger charge is -2.40. The lowest BCUT2D eigenvalue weighted by atomic mass is 9.68. The molecule has 1 unspecified atom stereocenters. The molecule has 0 aromatic heterocycles. The Hall–Kier alpha value is -2.87. The zero-order chi connectivity index (χ0) is 19.5. The fourth-order valence-electron chi connectivity index (χ4n) is 4.81. The number of benzene rings is 3. The molecule has 5 rings (SSSR count). The summed E-state index contributed by atoms with van der Waals surface area (Å²) >= 11 is 0. The van der Waals surface area contributed by atoms with Crippen LogP contribution in [0.5, 0.6) is 0 Å². The molecule has 3 aromatic rings. The zero-order valence-corrected chi connectivity index (χ0v) is 16.7. The molecule has 3 aromatic carbocycles. The minimum Gasteiger partial charge on any atom is -0.373 e. The first kappa shape index (κ1) is 17.2. The van der Waals surface area contributed by atoms with Crippen molar-refractivity contribution in [3.63, 3.8) is 0 Å². The van der Waals surface area contributed by atoms with E-state index in [9.17, 15) is 4.79 Å². The summed E-state index contributed by atoms with van der Waals surface area (Å²) in [6.45, 7) is 6.51. The number of nitrogens with one attached hydrogen (secondary N) is 1. The van der Waals surface area contributed by atoms with Crippen LogP contribution in [0.2, 0.25) is 0 Å². The van der Waals surface area contributed by atoms with E-state index in [4.69, 9.17) is 0 Å². The minimum atomic E-state index is -0.0856. The molecule has 2 aliphatic rings. The Balaban J connectivity index is 1.79. The lowest BCUT2D eigenvalue weighted by Crippen LogP contribution is -2.33. The average Bonchev–Trinajstić information content (AvgIpc) is 2.66. The van der Waals surface area contributed by atoms with Gasteiger partial charge in [0.25, 0.3) is 0 Å². The van der Waals surface area contributed by atoms with Gasteiger partial charge >= 0.3 is 0 Å². The maximum absolute atomic E-state index is 13.3. The zero-order valence-electron chi connectivity index (χ0n) is 16.7. The number of hydrogen-bond acceptors (Lipinski definition) is 2. The molecule has 0 spiro atoms. The monoisotopic (exact) mass is 367 g/mol. The molecule has 0 radical (unpaired) electrons. The molecule has 0 saturated heterocycles. The molecular weight excluding hydrogens is 342 g/mol. The van der Waals surface area contributed by atoms with Crippen LogP contribution < -0.4 is 5.32 Å². The predicted octanol–water partition coefficient (Wildman–Crippen LogP) is 6.46. The molecular formula is C26H25NO. The van der Waals surface area contributed by atoms with Gasteiger partial charge in [-0.1, -0.05) is 80.1 Å². The number of hydrogen-bond donors (Lipinski definition) is 1. The molecule has 1 aliphatic carbocycles. The van der Waals surface area contributed by atoms with Crippen LogP contribution >= 0.6 is 0 Å². The number of carbonyl (C=O) groups is 1. The Morgan fingerprint density at radius 3 is 2.46 bits per heavy atom. The lowest BCUT2D eigenvalue weighted by molar-refractivity contribution is -0.118. The minimum absolute atomic E-state index is 0.00595. The van der Waals surface area contributed by atoms with E-state index in [0.29, 0.717) is 6.42 Å². The SMILES string of the molecule is Cc1ccc(C2Nc3c(ccc4ccccc34)C3=C2C(=O)CC(C)(C)C3)cc1. The number of carbonyl (C=O) groups excluding carboxylic acids is 1. The third-order valence-electron chi connectivity index (χ3n) is 6.16. The third kappa shape index (κ3) is 2.67. The smallest absolute Gasteiger partial charge is 0.162 e. The third-order valence-corrected chi connectivity index (χ3v) is 6.16. The van der Waals surface area contributed by atoms with Gasteiger partial charge < -0.3 is 5.32 Å². The van der Waals surface area contributed by atoms with E-state index in [2.05, 4.69) is 86.8 Å². The van der Waals surface area contributed by atoms with Crippen LogP contribution in [0.1, 0.15) is 49.4 Å². The van der Waals surface area contributed by atoms with E-state index in [1.807, 2.05) is 0 Å². The second kappa shape index (κ2) is 6.07. The summed E-state index contributed by atoms with van der Waals surface area (Å²) in [4.78, 5) is 13.3. The highest BCUT2D eigenvalue weighted by Gasteiger charge is 2.40. The van der Waals surface area contributed by atoms with Gasteiger partial charge in [-0.05, 0) is 35.3 Å². The summed E-state index contributed by atoms with van der Waals surface area (Å²) in [6.07, 6.45) is 1.54. The number of anilines is 1. The first-order chi connectivity index (χ1) is 13.4. The van der Waals surface area contributed by atoms with Crippen LogP contribution in [-0.2, 0) is 4.79 Å². The fourth-order valence-corrected chi connectivity index (χ4v) is 4.81. The molecule has 140 valence electrons. The van der Waals surface area contributed by atoms with Crippen molar-refractivity contribution in [1.82, 2.24) is 0 Å². The van der Waals surface area contributed by atoms with E-state index in [1.54, 1.807) is 0 Å². The van der Waals surface area contributed by atoms with E-state index in [0.717, 1.165) is 23.2 Å². The van der Waals surface area contributed by atoms with E-state index >= 15 is 0 Å². The van der Waals surface area contributed by atoms with Gasteiger partial charge in [0.1, 0.15) is 0 Å². The van der Waals surface area contributed by atoms with Crippen LogP contribution in [-0.4, -0.2) is 5.78 Å². The molecule has 1 heterocycles. The normalized spacial score (nSPS) is 20.5. The first-order valence-electron chi connectivity index (χ1n) is 10.0. The molecule has 0 bridgehead atoms. The molecule has 2 nitrogen and oxygen atoms in total. The van der Waals surface area contributed by atoms with E-state index < -0.39 is 0 Å². The highest BCUT2D eigenvalue weighted by atomic mass is 16.1. The number of fused-ring (bicyclic) bond motifs is 4. The molecule has 0 amide bonds. The summed E-state index contributed by atoms with van der Waals surface area (Å²) < 4.78 is 0. The summed E-state index contributed by atoms with van der Waals surface area (Å²) in [5.41, 5.74) is 6.93. The van der Waals surface area contributed by atoms with Gasteiger partial charge in [0.05, 0.1) is 11.7 Å². The molecule has 0 fully saturated rings.